The van der Waals surface area contributed by atoms with Crippen molar-refractivity contribution in [2.45, 2.75) is 23.5 Å². The van der Waals surface area contributed by atoms with Crippen LogP contribution in [-0.4, -0.2) is 46.7 Å². The molecule has 3 N–H and O–H groups in total. The molecule has 1 aromatic carbocycles. The highest BCUT2D eigenvalue weighted by atomic mass is 32.2. The Morgan fingerprint density at radius 1 is 1.33 bits per heavy atom. The molecule has 3 rings (SSSR count). The number of carbonyl (C=O) groups is 1. The van der Waals surface area contributed by atoms with Crippen LogP contribution in [0, 0.1) is 0 Å². The molecule has 21 heavy (non-hydrogen) atoms. The van der Waals surface area contributed by atoms with E-state index in [4.69, 9.17) is 4.74 Å². The standard InChI is InChI=1S/C13H17N3O4S/c1-20-12-7-14-6-11(12)16-21(18,19)9-2-3-10-8(4-9)5-13(17)15-10/h2-4,11-12,14,16H,5-7H2,1H3,(H,15,17)/t11?,12-/m0/s1. The van der Waals surface area contributed by atoms with E-state index in [1.807, 2.05) is 0 Å². The van der Waals surface area contributed by atoms with Gasteiger partial charge in [0.05, 0.1) is 23.5 Å². The molecule has 0 radical (unpaired) electrons. The van der Waals surface area contributed by atoms with E-state index >= 15 is 0 Å². The Morgan fingerprint density at radius 3 is 2.90 bits per heavy atom. The number of ether oxygens (including phenoxy) is 1. The van der Waals surface area contributed by atoms with Crippen molar-refractivity contribution >= 4 is 21.6 Å². The quantitative estimate of drug-likeness (QED) is 0.693. The minimum atomic E-state index is -3.63. The van der Waals surface area contributed by atoms with Gasteiger partial charge in [0.1, 0.15) is 0 Å². The average Bonchev–Trinajstić information content (AvgIpc) is 3.01. The van der Waals surface area contributed by atoms with Gasteiger partial charge in [0.25, 0.3) is 0 Å². The molecule has 0 spiro atoms. The molecule has 0 bridgehead atoms. The summed E-state index contributed by atoms with van der Waals surface area (Å²) in [5, 5.41) is 5.77. The summed E-state index contributed by atoms with van der Waals surface area (Å²) in [6.07, 6.45) is 0.0298. The fourth-order valence-electron chi connectivity index (χ4n) is 2.66. The third-order valence-corrected chi connectivity index (χ3v) is 5.27. The van der Waals surface area contributed by atoms with Crippen molar-refractivity contribution in [3.63, 3.8) is 0 Å². The number of sulfonamides is 1. The number of rotatable bonds is 4. The predicted molar refractivity (Wildman–Crippen MR) is 76.6 cm³/mol. The zero-order valence-corrected chi connectivity index (χ0v) is 12.4. The Bertz CT molecular complexity index is 674. The van der Waals surface area contributed by atoms with Gasteiger partial charge in [0.2, 0.25) is 15.9 Å². The first-order valence-corrected chi connectivity index (χ1v) is 8.16. The molecule has 0 aliphatic carbocycles. The summed E-state index contributed by atoms with van der Waals surface area (Å²) in [4.78, 5) is 11.5. The van der Waals surface area contributed by atoms with E-state index in [0.29, 0.717) is 24.3 Å². The molecule has 8 heteroatoms. The second-order valence-corrected chi connectivity index (χ2v) is 6.92. The number of carbonyl (C=O) groups excluding carboxylic acids is 1. The Hall–Kier alpha value is -1.48. The van der Waals surface area contributed by atoms with Gasteiger partial charge < -0.3 is 15.4 Å². The molecular formula is C13H17N3O4S. The zero-order valence-electron chi connectivity index (χ0n) is 11.5. The van der Waals surface area contributed by atoms with E-state index in [-0.39, 0.29) is 29.4 Å². The van der Waals surface area contributed by atoms with Crippen molar-refractivity contribution < 1.29 is 17.9 Å². The summed E-state index contributed by atoms with van der Waals surface area (Å²) < 4.78 is 32.8. The number of hydrogen-bond donors (Lipinski definition) is 3. The average molecular weight is 311 g/mol. The van der Waals surface area contributed by atoms with E-state index < -0.39 is 10.0 Å². The highest BCUT2D eigenvalue weighted by Gasteiger charge is 2.31. The lowest BCUT2D eigenvalue weighted by atomic mass is 10.2. The number of benzene rings is 1. The Balaban J connectivity index is 1.82. The van der Waals surface area contributed by atoms with Gasteiger partial charge in [0, 0.05) is 25.9 Å². The van der Waals surface area contributed by atoms with Gasteiger partial charge in [-0.15, -0.1) is 0 Å². The van der Waals surface area contributed by atoms with Crippen LogP contribution in [0.5, 0.6) is 0 Å². The molecule has 1 unspecified atom stereocenters. The molecule has 7 nitrogen and oxygen atoms in total. The molecule has 0 aromatic heterocycles. The number of nitrogens with one attached hydrogen (secondary N) is 3. The molecular weight excluding hydrogens is 294 g/mol. The summed E-state index contributed by atoms with van der Waals surface area (Å²) in [5.41, 5.74) is 1.38. The van der Waals surface area contributed by atoms with Gasteiger partial charge in [-0.1, -0.05) is 0 Å². The van der Waals surface area contributed by atoms with Crippen LogP contribution >= 0.6 is 0 Å². The van der Waals surface area contributed by atoms with Crippen molar-refractivity contribution in [2.75, 3.05) is 25.5 Å². The molecule has 1 amide bonds. The van der Waals surface area contributed by atoms with Crippen LogP contribution in [0.3, 0.4) is 0 Å². The molecule has 2 heterocycles. The van der Waals surface area contributed by atoms with Gasteiger partial charge in [0.15, 0.2) is 0 Å². The van der Waals surface area contributed by atoms with Gasteiger partial charge >= 0.3 is 0 Å². The smallest absolute Gasteiger partial charge is 0.240 e. The van der Waals surface area contributed by atoms with E-state index in [1.165, 1.54) is 6.07 Å². The first kappa shape index (κ1) is 14.5. The van der Waals surface area contributed by atoms with E-state index in [2.05, 4.69) is 15.4 Å². The lowest BCUT2D eigenvalue weighted by molar-refractivity contribution is -0.115. The summed E-state index contributed by atoms with van der Waals surface area (Å²) in [5.74, 6) is -0.119. The maximum atomic E-state index is 12.4. The van der Waals surface area contributed by atoms with E-state index in [1.54, 1.807) is 19.2 Å². The lowest BCUT2D eigenvalue weighted by Gasteiger charge is -2.18. The van der Waals surface area contributed by atoms with Crippen LogP contribution < -0.4 is 15.4 Å². The molecule has 0 saturated carbocycles. The first-order chi connectivity index (χ1) is 9.99. The van der Waals surface area contributed by atoms with Crippen LogP contribution in [0.1, 0.15) is 5.56 Å². The summed E-state index contributed by atoms with van der Waals surface area (Å²) in [7, 11) is -2.07. The van der Waals surface area contributed by atoms with E-state index in [9.17, 15) is 13.2 Å². The summed E-state index contributed by atoms with van der Waals surface area (Å²) in [6, 6.07) is 4.36. The Morgan fingerprint density at radius 2 is 2.14 bits per heavy atom. The first-order valence-electron chi connectivity index (χ1n) is 6.68. The minimum absolute atomic E-state index is 0.119. The summed E-state index contributed by atoms with van der Waals surface area (Å²) >= 11 is 0. The Labute approximate surface area is 123 Å². The lowest BCUT2D eigenvalue weighted by Crippen LogP contribution is -2.43. The monoisotopic (exact) mass is 311 g/mol. The molecule has 1 aromatic rings. The van der Waals surface area contributed by atoms with Crippen molar-refractivity contribution in [3.05, 3.63) is 23.8 Å². The molecule has 1 fully saturated rings. The number of amides is 1. The van der Waals surface area contributed by atoms with Gasteiger partial charge in [-0.2, -0.15) is 0 Å². The highest BCUT2D eigenvalue weighted by molar-refractivity contribution is 7.89. The van der Waals surface area contributed by atoms with Gasteiger partial charge in [-0.3, -0.25) is 4.79 Å². The van der Waals surface area contributed by atoms with Crippen LogP contribution in [0.2, 0.25) is 0 Å². The van der Waals surface area contributed by atoms with Gasteiger partial charge in [-0.05, 0) is 23.8 Å². The molecule has 2 atom stereocenters. The molecule has 2 aliphatic rings. The van der Waals surface area contributed by atoms with Crippen molar-refractivity contribution in [1.29, 1.82) is 0 Å². The molecule has 114 valence electrons. The van der Waals surface area contributed by atoms with Crippen molar-refractivity contribution in [3.8, 4) is 0 Å². The number of anilines is 1. The topological polar surface area (TPSA) is 96.5 Å². The Kier molecular flexibility index (Phi) is 3.70. The van der Waals surface area contributed by atoms with E-state index in [0.717, 1.165) is 0 Å². The van der Waals surface area contributed by atoms with Crippen molar-refractivity contribution in [2.24, 2.45) is 0 Å². The summed E-state index contributed by atoms with van der Waals surface area (Å²) in [6.45, 7) is 1.15. The molecule has 2 aliphatic heterocycles. The predicted octanol–water partition coefficient (Wildman–Crippen LogP) is -0.554. The number of fused-ring (bicyclic) bond motifs is 1. The van der Waals surface area contributed by atoms with Crippen LogP contribution in [0.15, 0.2) is 23.1 Å². The van der Waals surface area contributed by atoms with Crippen LogP contribution in [0.4, 0.5) is 5.69 Å². The number of methoxy groups -OCH3 is 1. The van der Waals surface area contributed by atoms with Crippen LogP contribution in [-0.2, 0) is 26.0 Å². The highest BCUT2D eigenvalue weighted by Crippen LogP contribution is 2.26. The maximum Gasteiger partial charge on any atom is 0.240 e. The second kappa shape index (κ2) is 5.38. The fourth-order valence-corrected chi connectivity index (χ4v) is 3.97. The fraction of sp³-hybridized carbons (Fsp3) is 0.462. The maximum absolute atomic E-state index is 12.4. The SMILES string of the molecule is CO[C@H]1CNCC1NS(=O)(=O)c1ccc2c(c1)CC(=O)N2. The second-order valence-electron chi connectivity index (χ2n) is 5.20. The molecule has 1 saturated heterocycles. The number of hydrogen-bond acceptors (Lipinski definition) is 5. The third-order valence-electron chi connectivity index (χ3n) is 3.78. The third kappa shape index (κ3) is 2.80. The van der Waals surface area contributed by atoms with Crippen molar-refractivity contribution in [1.82, 2.24) is 10.0 Å². The zero-order chi connectivity index (χ0) is 15.0. The largest absolute Gasteiger partial charge is 0.378 e. The minimum Gasteiger partial charge on any atom is -0.378 e. The van der Waals surface area contributed by atoms with Crippen LogP contribution in [0.25, 0.3) is 0 Å². The normalized spacial score (nSPS) is 24.9. The van der Waals surface area contributed by atoms with Gasteiger partial charge in [-0.25, -0.2) is 13.1 Å².